The highest BCUT2D eigenvalue weighted by Gasteiger charge is 2.20. The molecule has 0 unspecified atom stereocenters. The van der Waals surface area contributed by atoms with Crippen molar-refractivity contribution >= 4 is 55.0 Å². The first-order valence-electron chi connectivity index (χ1n) is 10.4. The van der Waals surface area contributed by atoms with Crippen LogP contribution in [0.1, 0.15) is 18.7 Å². The highest BCUT2D eigenvalue weighted by atomic mass is 32.1. The third-order valence-electron chi connectivity index (χ3n) is 5.10. The van der Waals surface area contributed by atoms with Gasteiger partial charge in [0.25, 0.3) is 5.91 Å². The first-order valence-corrected chi connectivity index (χ1v) is 12.0. The summed E-state index contributed by atoms with van der Waals surface area (Å²) in [6, 6.07) is 6.70. The highest BCUT2D eigenvalue weighted by molar-refractivity contribution is 7.22. The quantitative estimate of drug-likeness (QED) is 0.219. The Kier molecular flexibility index (Phi) is 8.37. The summed E-state index contributed by atoms with van der Waals surface area (Å²) in [7, 11) is 3.14. The molecule has 33 heavy (non-hydrogen) atoms. The zero-order valence-electron chi connectivity index (χ0n) is 18.9. The SMILES string of the molecule is CCN(CC)CCN(C(=O)C=Cc1ccc([N+](=O)[O-])s1)c1nc2cc(OC)c(OC)cc2s1. The van der Waals surface area contributed by atoms with Gasteiger partial charge in [-0.2, -0.15) is 0 Å². The van der Waals surface area contributed by atoms with Crippen molar-refractivity contribution in [3.8, 4) is 11.5 Å². The maximum Gasteiger partial charge on any atom is 0.324 e. The molecule has 0 spiro atoms. The number of fused-ring (bicyclic) bond motifs is 1. The Hall–Kier alpha value is -3.02. The number of thiazole rings is 1. The topological polar surface area (TPSA) is 98.0 Å². The van der Waals surface area contributed by atoms with Crippen LogP contribution in [0.2, 0.25) is 0 Å². The number of aromatic nitrogens is 1. The van der Waals surface area contributed by atoms with Gasteiger partial charge in [-0.1, -0.05) is 36.5 Å². The number of nitro groups is 1. The van der Waals surface area contributed by atoms with E-state index < -0.39 is 4.92 Å². The molecule has 1 aromatic carbocycles. The Bertz CT molecular complexity index is 1110. The minimum atomic E-state index is -0.441. The fraction of sp³-hybridized carbons (Fsp3) is 0.364. The van der Waals surface area contributed by atoms with Gasteiger partial charge in [0.1, 0.15) is 0 Å². The number of ether oxygens (including phenoxy) is 2. The molecule has 2 heterocycles. The zero-order valence-corrected chi connectivity index (χ0v) is 20.6. The van der Waals surface area contributed by atoms with Gasteiger partial charge in [0.05, 0.1) is 29.4 Å². The molecule has 0 saturated heterocycles. The Balaban J connectivity index is 1.91. The van der Waals surface area contributed by atoms with Gasteiger partial charge in [-0.3, -0.25) is 19.8 Å². The van der Waals surface area contributed by atoms with Crippen LogP contribution in [0.25, 0.3) is 16.3 Å². The van der Waals surface area contributed by atoms with E-state index in [0.717, 1.165) is 29.1 Å². The van der Waals surface area contributed by atoms with E-state index in [0.29, 0.717) is 40.1 Å². The largest absolute Gasteiger partial charge is 0.493 e. The lowest BCUT2D eigenvalue weighted by Crippen LogP contribution is -2.38. The van der Waals surface area contributed by atoms with Crippen LogP contribution in [-0.4, -0.2) is 61.1 Å². The lowest BCUT2D eigenvalue weighted by molar-refractivity contribution is -0.380. The van der Waals surface area contributed by atoms with E-state index in [4.69, 9.17) is 9.47 Å². The van der Waals surface area contributed by atoms with Crippen molar-refractivity contribution in [1.29, 1.82) is 0 Å². The minimum Gasteiger partial charge on any atom is -0.493 e. The number of thiophene rings is 1. The van der Waals surface area contributed by atoms with E-state index in [1.807, 2.05) is 6.07 Å². The lowest BCUT2D eigenvalue weighted by Gasteiger charge is -2.23. The van der Waals surface area contributed by atoms with Crippen molar-refractivity contribution in [1.82, 2.24) is 9.88 Å². The van der Waals surface area contributed by atoms with Gasteiger partial charge < -0.3 is 14.4 Å². The van der Waals surface area contributed by atoms with Crippen molar-refractivity contribution in [2.45, 2.75) is 13.8 Å². The van der Waals surface area contributed by atoms with Gasteiger partial charge in [0.15, 0.2) is 16.6 Å². The standard InChI is InChI=1S/C22H26N4O5S2/c1-5-24(6-2)11-12-25(20(27)9-7-15-8-10-21(32-15)26(28)29)22-23-16-13-17(30-3)18(31-4)14-19(16)33-22/h7-10,13-14H,5-6,11-12H2,1-4H3. The summed E-state index contributed by atoms with van der Waals surface area (Å²) in [5, 5.41) is 11.5. The molecule has 3 aromatic rings. The lowest BCUT2D eigenvalue weighted by atomic mass is 10.3. The van der Waals surface area contributed by atoms with Crippen LogP contribution in [0.15, 0.2) is 30.3 Å². The third-order valence-corrected chi connectivity index (χ3v) is 7.14. The predicted molar refractivity (Wildman–Crippen MR) is 133 cm³/mol. The molecule has 2 aromatic heterocycles. The van der Waals surface area contributed by atoms with Gasteiger partial charge in [0.2, 0.25) is 0 Å². The molecule has 0 aliphatic heterocycles. The molecule has 176 valence electrons. The average molecular weight is 491 g/mol. The summed E-state index contributed by atoms with van der Waals surface area (Å²) in [4.78, 5) is 32.8. The van der Waals surface area contributed by atoms with Gasteiger partial charge >= 0.3 is 5.00 Å². The molecule has 0 fully saturated rings. The van der Waals surface area contributed by atoms with Gasteiger partial charge in [-0.25, -0.2) is 4.98 Å². The number of methoxy groups -OCH3 is 2. The number of carbonyl (C=O) groups excluding carboxylic acids is 1. The molecule has 0 aliphatic carbocycles. The Morgan fingerprint density at radius 2 is 1.82 bits per heavy atom. The van der Waals surface area contributed by atoms with Crippen LogP contribution in [-0.2, 0) is 4.79 Å². The molecule has 0 bridgehead atoms. The molecule has 0 aliphatic rings. The predicted octanol–water partition coefficient (Wildman–Crippen LogP) is 4.67. The fourth-order valence-electron chi connectivity index (χ4n) is 3.21. The van der Waals surface area contributed by atoms with E-state index in [1.165, 1.54) is 23.5 Å². The maximum atomic E-state index is 13.2. The van der Waals surface area contributed by atoms with Crippen LogP contribution in [0.3, 0.4) is 0 Å². The number of likely N-dealkylation sites (N-methyl/N-ethyl adjacent to an activating group) is 1. The molecule has 9 nitrogen and oxygen atoms in total. The van der Waals surface area contributed by atoms with Crippen LogP contribution < -0.4 is 14.4 Å². The Morgan fingerprint density at radius 3 is 2.42 bits per heavy atom. The van der Waals surface area contributed by atoms with Crippen molar-refractivity contribution in [2.75, 3.05) is 45.3 Å². The Morgan fingerprint density at radius 1 is 1.12 bits per heavy atom. The van der Waals surface area contributed by atoms with Gasteiger partial charge in [0, 0.05) is 42.2 Å². The second kappa shape index (κ2) is 11.2. The molecule has 0 atom stereocenters. The van der Waals surface area contributed by atoms with E-state index >= 15 is 0 Å². The molecule has 0 radical (unpaired) electrons. The minimum absolute atomic E-state index is 0.0366. The average Bonchev–Trinajstić information content (AvgIpc) is 3.46. The summed E-state index contributed by atoms with van der Waals surface area (Å²) in [6.45, 7) is 7.07. The van der Waals surface area contributed by atoms with Gasteiger partial charge in [-0.15, -0.1) is 0 Å². The zero-order chi connectivity index (χ0) is 24.0. The third kappa shape index (κ3) is 5.86. The number of hydrogen-bond donors (Lipinski definition) is 0. The van der Waals surface area contributed by atoms with Gasteiger partial charge in [-0.05, 0) is 25.2 Å². The fourth-order valence-corrected chi connectivity index (χ4v) is 4.94. The van der Waals surface area contributed by atoms with Crippen molar-refractivity contribution in [2.24, 2.45) is 0 Å². The number of nitrogens with zero attached hydrogens (tertiary/aromatic N) is 4. The highest BCUT2D eigenvalue weighted by Crippen LogP contribution is 2.37. The van der Waals surface area contributed by atoms with E-state index in [2.05, 4.69) is 23.7 Å². The van der Waals surface area contributed by atoms with E-state index in [9.17, 15) is 14.9 Å². The second-order valence-corrected chi connectivity index (χ2v) is 9.06. The number of amides is 1. The van der Waals surface area contributed by atoms with Crippen molar-refractivity contribution < 1.29 is 19.2 Å². The summed E-state index contributed by atoms with van der Waals surface area (Å²) in [5.74, 6) is 0.929. The number of carbonyl (C=O) groups is 1. The smallest absolute Gasteiger partial charge is 0.324 e. The molecular weight excluding hydrogens is 464 g/mol. The molecule has 11 heteroatoms. The van der Waals surface area contributed by atoms with Crippen molar-refractivity contribution in [3.05, 3.63) is 45.3 Å². The summed E-state index contributed by atoms with van der Waals surface area (Å²) >= 11 is 2.42. The number of hydrogen-bond acceptors (Lipinski definition) is 9. The Labute approximate surface area is 200 Å². The summed E-state index contributed by atoms with van der Waals surface area (Å²) < 4.78 is 11.6. The van der Waals surface area contributed by atoms with Crippen molar-refractivity contribution in [3.63, 3.8) is 0 Å². The number of benzene rings is 1. The summed E-state index contributed by atoms with van der Waals surface area (Å²) in [5.41, 5.74) is 0.714. The molecule has 0 saturated carbocycles. The number of rotatable bonds is 11. The van der Waals surface area contributed by atoms with E-state index in [1.54, 1.807) is 37.3 Å². The number of anilines is 1. The van der Waals surface area contributed by atoms with Crippen LogP contribution in [0, 0.1) is 10.1 Å². The monoisotopic (exact) mass is 490 g/mol. The molecule has 0 N–H and O–H groups in total. The first-order chi connectivity index (χ1) is 15.9. The van der Waals surface area contributed by atoms with Crippen LogP contribution >= 0.6 is 22.7 Å². The molecular formula is C22H26N4O5S2. The summed E-state index contributed by atoms with van der Waals surface area (Å²) in [6.07, 6.45) is 3.04. The molecule has 3 rings (SSSR count). The van der Waals surface area contributed by atoms with E-state index in [-0.39, 0.29) is 10.9 Å². The second-order valence-electron chi connectivity index (χ2n) is 6.95. The normalized spacial score (nSPS) is 11.4. The molecule has 1 amide bonds. The first kappa shape index (κ1) is 24.6. The van der Waals surface area contributed by atoms with Crippen LogP contribution in [0.5, 0.6) is 11.5 Å². The maximum absolute atomic E-state index is 13.2. The van der Waals surface area contributed by atoms with Crippen LogP contribution in [0.4, 0.5) is 10.1 Å².